The third-order valence-electron chi connectivity index (χ3n) is 3.25. The molecule has 1 aromatic heterocycles. The maximum atomic E-state index is 11.5. The quantitative estimate of drug-likeness (QED) is 0.884. The standard InChI is InChI=1S/C15H15N3O2/c16-14-12-5-4-11(9-13(12)18-15(14)19)20-8-6-10-3-1-2-7-17-10/h1-5,7,9,14H,6,8,16H2,(H,18,19). The average Bonchev–Trinajstić information content (AvgIpc) is 2.75. The third kappa shape index (κ3) is 2.48. The Balaban J connectivity index is 1.62. The fraction of sp³-hybridized carbons (Fsp3) is 0.200. The number of nitrogens with one attached hydrogen (secondary N) is 1. The first-order valence-electron chi connectivity index (χ1n) is 6.47. The lowest BCUT2D eigenvalue weighted by Crippen LogP contribution is -2.19. The smallest absolute Gasteiger partial charge is 0.245 e. The molecular weight excluding hydrogens is 254 g/mol. The molecule has 0 radical (unpaired) electrons. The predicted molar refractivity (Wildman–Crippen MR) is 75.4 cm³/mol. The van der Waals surface area contributed by atoms with Gasteiger partial charge in [-0.3, -0.25) is 9.78 Å². The molecule has 1 aliphatic heterocycles. The molecule has 3 N–H and O–H groups in total. The van der Waals surface area contributed by atoms with Gasteiger partial charge in [-0.05, 0) is 18.2 Å². The van der Waals surface area contributed by atoms with Gasteiger partial charge in [0.2, 0.25) is 5.91 Å². The molecule has 0 aliphatic carbocycles. The lowest BCUT2D eigenvalue weighted by atomic mass is 10.1. The minimum Gasteiger partial charge on any atom is -0.493 e. The number of hydrogen-bond donors (Lipinski definition) is 2. The second kappa shape index (κ2) is 5.30. The zero-order valence-electron chi connectivity index (χ0n) is 10.9. The molecule has 0 saturated carbocycles. The van der Waals surface area contributed by atoms with Gasteiger partial charge in [0.15, 0.2) is 0 Å². The van der Waals surface area contributed by atoms with E-state index in [1.165, 1.54) is 0 Å². The van der Waals surface area contributed by atoms with Crippen molar-refractivity contribution < 1.29 is 9.53 Å². The second-order valence-corrected chi connectivity index (χ2v) is 4.64. The number of pyridine rings is 1. The van der Waals surface area contributed by atoms with E-state index in [9.17, 15) is 4.79 Å². The first-order chi connectivity index (χ1) is 9.74. The lowest BCUT2D eigenvalue weighted by Gasteiger charge is -2.08. The first-order valence-corrected chi connectivity index (χ1v) is 6.47. The summed E-state index contributed by atoms with van der Waals surface area (Å²) in [6.07, 6.45) is 2.51. The van der Waals surface area contributed by atoms with Gasteiger partial charge in [-0.1, -0.05) is 12.1 Å². The van der Waals surface area contributed by atoms with Gasteiger partial charge in [-0.2, -0.15) is 0 Å². The van der Waals surface area contributed by atoms with E-state index < -0.39 is 6.04 Å². The van der Waals surface area contributed by atoms with Crippen molar-refractivity contribution in [2.75, 3.05) is 11.9 Å². The summed E-state index contributed by atoms with van der Waals surface area (Å²) in [5.41, 5.74) is 8.29. The summed E-state index contributed by atoms with van der Waals surface area (Å²) in [6, 6.07) is 10.7. The summed E-state index contributed by atoms with van der Waals surface area (Å²) in [5.74, 6) is 0.541. The highest BCUT2D eigenvalue weighted by Gasteiger charge is 2.27. The molecule has 0 fully saturated rings. The van der Waals surface area contributed by atoms with Crippen LogP contribution in [0.5, 0.6) is 5.75 Å². The Morgan fingerprint density at radius 1 is 1.30 bits per heavy atom. The van der Waals surface area contributed by atoms with Gasteiger partial charge in [0.1, 0.15) is 11.8 Å². The molecule has 102 valence electrons. The number of nitrogens with zero attached hydrogens (tertiary/aromatic N) is 1. The van der Waals surface area contributed by atoms with Crippen LogP contribution in [-0.2, 0) is 11.2 Å². The average molecular weight is 269 g/mol. The molecule has 0 bridgehead atoms. The fourth-order valence-electron chi connectivity index (χ4n) is 2.18. The molecule has 2 heterocycles. The molecule has 3 rings (SSSR count). The molecule has 1 atom stereocenters. The van der Waals surface area contributed by atoms with E-state index in [2.05, 4.69) is 10.3 Å². The molecule has 2 aromatic rings. The highest BCUT2D eigenvalue weighted by atomic mass is 16.5. The Morgan fingerprint density at radius 2 is 2.20 bits per heavy atom. The van der Waals surface area contributed by atoms with Crippen LogP contribution in [-0.4, -0.2) is 17.5 Å². The number of benzene rings is 1. The van der Waals surface area contributed by atoms with Gasteiger partial charge in [0.05, 0.1) is 6.61 Å². The van der Waals surface area contributed by atoms with Crippen LogP contribution in [0.15, 0.2) is 42.6 Å². The Kier molecular flexibility index (Phi) is 3.35. The van der Waals surface area contributed by atoms with Crippen LogP contribution in [0.2, 0.25) is 0 Å². The number of rotatable bonds is 4. The second-order valence-electron chi connectivity index (χ2n) is 4.64. The van der Waals surface area contributed by atoms with Crippen molar-refractivity contribution in [3.63, 3.8) is 0 Å². The largest absolute Gasteiger partial charge is 0.493 e. The van der Waals surface area contributed by atoms with Crippen LogP contribution in [0.25, 0.3) is 0 Å². The van der Waals surface area contributed by atoms with Crippen molar-refractivity contribution >= 4 is 11.6 Å². The normalized spacial score (nSPS) is 16.6. The molecule has 0 saturated heterocycles. The van der Waals surface area contributed by atoms with E-state index in [-0.39, 0.29) is 5.91 Å². The van der Waals surface area contributed by atoms with E-state index in [1.807, 2.05) is 30.3 Å². The minimum atomic E-state index is -0.576. The lowest BCUT2D eigenvalue weighted by molar-refractivity contribution is -0.116. The number of aromatic nitrogens is 1. The summed E-state index contributed by atoms with van der Waals surface area (Å²) in [6.45, 7) is 0.538. The molecule has 1 aliphatic rings. The number of hydrogen-bond acceptors (Lipinski definition) is 4. The van der Waals surface area contributed by atoms with E-state index >= 15 is 0 Å². The number of fused-ring (bicyclic) bond motifs is 1. The number of carbonyl (C=O) groups is 1. The van der Waals surface area contributed by atoms with Gasteiger partial charge in [-0.15, -0.1) is 0 Å². The summed E-state index contributed by atoms with van der Waals surface area (Å²) in [7, 11) is 0. The van der Waals surface area contributed by atoms with Crippen LogP contribution >= 0.6 is 0 Å². The molecule has 1 amide bonds. The first kappa shape index (κ1) is 12.6. The maximum Gasteiger partial charge on any atom is 0.245 e. The highest BCUT2D eigenvalue weighted by molar-refractivity contribution is 6.02. The van der Waals surface area contributed by atoms with Gasteiger partial charge in [0.25, 0.3) is 0 Å². The van der Waals surface area contributed by atoms with E-state index in [4.69, 9.17) is 10.5 Å². The highest BCUT2D eigenvalue weighted by Crippen LogP contribution is 2.32. The molecule has 1 aromatic carbocycles. The molecule has 1 unspecified atom stereocenters. The molecule has 0 spiro atoms. The predicted octanol–water partition coefficient (Wildman–Crippen LogP) is 1.65. The van der Waals surface area contributed by atoms with Crippen molar-refractivity contribution in [2.45, 2.75) is 12.5 Å². The number of ether oxygens (including phenoxy) is 1. The van der Waals surface area contributed by atoms with Crippen molar-refractivity contribution in [1.29, 1.82) is 0 Å². The van der Waals surface area contributed by atoms with Crippen LogP contribution < -0.4 is 15.8 Å². The minimum absolute atomic E-state index is 0.175. The summed E-state index contributed by atoms with van der Waals surface area (Å²) < 4.78 is 5.67. The van der Waals surface area contributed by atoms with Crippen molar-refractivity contribution in [3.8, 4) is 5.75 Å². The van der Waals surface area contributed by atoms with Gasteiger partial charge >= 0.3 is 0 Å². The van der Waals surface area contributed by atoms with Crippen LogP contribution in [0.4, 0.5) is 5.69 Å². The third-order valence-corrected chi connectivity index (χ3v) is 3.25. The Morgan fingerprint density at radius 3 is 3.00 bits per heavy atom. The van der Waals surface area contributed by atoms with Crippen molar-refractivity contribution in [2.24, 2.45) is 5.73 Å². The summed E-state index contributed by atoms with van der Waals surface area (Å²) >= 11 is 0. The summed E-state index contributed by atoms with van der Waals surface area (Å²) in [4.78, 5) is 15.7. The summed E-state index contributed by atoms with van der Waals surface area (Å²) in [5, 5.41) is 2.74. The van der Waals surface area contributed by atoms with Gasteiger partial charge < -0.3 is 15.8 Å². The van der Waals surface area contributed by atoms with E-state index in [1.54, 1.807) is 12.3 Å². The van der Waals surface area contributed by atoms with Crippen LogP contribution in [0.1, 0.15) is 17.3 Å². The molecule has 20 heavy (non-hydrogen) atoms. The van der Waals surface area contributed by atoms with Gasteiger partial charge in [0, 0.05) is 35.6 Å². The topological polar surface area (TPSA) is 77.2 Å². The van der Waals surface area contributed by atoms with Crippen molar-refractivity contribution in [3.05, 3.63) is 53.9 Å². The molecular formula is C15H15N3O2. The Hall–Kier alpha value is -2.40. The Bertz CT molecular complexity index is 628. The maximum absolute atomic E-state index is 11.5. The number of nitrogens with two attached hydrogens (primary N) is 1. The number of anilines is 1. The molecule has 5 nitrogen and oxygen atoms in total. The zero-order valence-corrected chi connectivity index (χ0v) is 10.9. The van der Waals surface area contributed by atoms with Crippen LogP contribution in [0, 0.1) is 0 Å². The monoisotopic (exact) mass is 269 g/mol. The fourth-order valence-corrected chi connectivity index (χ4v) is 2.18. The van der Waals surface area contributed by atoms with Gasteiger partial charge in [-0.25, -0.2) is 0 Å². The SMILES string of the molecule is NC1C(=O)Nc2cc(OCCc3ccccn3)ccc21. The number of amides is 1. The van der Waals surface area contributed by atoms with Crippen molar-refractivity contribution in [1.82, 2.24) is 4.98 Å². The van der Waals surface area contributed by atoms with E-state index in [0.29, 0.717) is 12.4 Å². The zero-order chi connectivity index (χ0) is 13.9. The molecule has 5 heteroatoms. The van der Waals surface area contributed by atoms with Crippen LogP contribution in [0.3, 0.4) is 0 Å². The number of carbonyl (C=O) groups excluding carboxylic acids is 1. The van der Waals surface area contributed by atoms with E-state index in [0.717, 1.165) is 23.4 Å². The Labute approximate surface area is 116 Å².